The van der Waals surface area contributed by atoms with Gasteiger partial charge in [-0.15, -0.1) is 0 Å². The van der Waals surface area contributed by atoms with E-state index in [4.69, 9.17) is 14.2 Å². The van der Waals surface area contributed by atoms with Crippen LogP contribution in [0.4, 0.5) is 9.59 Å². The summed E-state index contributed by atoms with van der Waals surface area (Å²) < 4.78 is 16.6. The SMILES string of the molecule is CC(C)(C)OC(=O)NCCC(O)c1cccc(OCC2CCCN2C(=O)OC(C)(C)C)c1. The van der Waals surface area contributed by atoms with Gasteiger partial charge in [0.05, 0.1) is 12.1 Å². The summed E-state index contributed by atoms with van der Waals surface area (Å²) in [6.45, 7) is 12.3. The molecule has 0 saturated carbocycles. The van der Waals surface area contributed by atoms with Crippen molar-refractivity contribution < 1.29 is 28.9 Å². The number of aliphatic hydroxyl groups excluding tert-OH is 1. The van der Waals surface area contributed by atoms with Crippen LogP contribution in [-0.4, -0.2) is 59.1 Å². The highest BCUT2D eigenvalue weighted by molar-refractivity contribution is 5.69. The minimum atomic E-state index is -0.752. The number of likely N-dealkylation sites (tertiary alicyclic amines) is 1. The Morgan fingerprint density at radius 1 is 1.16 bits per heavy atom. The van der Waals surface area contributed by atoms with Gasteiger partial charge in [-0.25, -0.2) is 9.59 Å². The van der Waals surface area contributed by atoms with Crippen molar-refractivity contribution in [2.75, 3.05) is 19.7 Å². The molecule has 0 bridgehead atoms. The maximum Gasteiger partial charge on any atom is 0.410 e. The van der Waals surface area contributed by atoms with Crippen molar-refractivity contribution in [2.24, 2.45) is 0 Å². The van der Waals surface area contributed by atoms with Gasteiger partial charge in [-0.3, -0.25) is 0 Å². The fraction of sp³-hybridized carbons (Fsp3) is 0.667. The number of benzene rings is 1. The smallest absolute Gasteiger partial charge is 0.410 e. The molecule has 1 aliphatic rings. The quantitative estimate of drug-likeness (QED) is 0.639. The number of nitrogens with zero attached hydrogens (tertiary/aromatic N) is 1. The molecular formula is C24H38N2O6. The number of amides is 2. The van der Waals surface area contributed by atoms with Crippen molar-refractivity contribution >= 4 is 12.2 Å². The second-order valence-electron chi connectivity index (χ2n) is 10.1. The van der Waals surface area contributed by atoms with Crippen LogP contribution in [0.2, 0.25) is 0 Å². The minimum Gasteiger partial charge on any atom is -0.491 e. The van der Waals surface area contributed by atoms with Gasteiger partial charge in [0.2, 0.25) is 0 Å². The van der Waals surface area contributed by atoms with Crippen LogP contribution in [0.3, 0.4) is 0 Å². The first-order chi connectivity index (χ1) is 14.8. The average molecular weight is 451 g/mol. The summed E-state index contributed by atoms with van der Waals surface area (Å²) >= 11 is 0. The van der Waals surface area contributed by atoms with Gasteiger partial charge in [-0.2, -0.15) is 0 Å². The molecule has 180 valence electrons. The van der Waals surface area contributed by atoms with Crippen LogP contribution in [0.5, 0.6) is 5.75 Å². The molecule has 1 heterocycles. The number of alkyl carbamates (subject to hydrolysis) is 1. The van der Waals surface area contributed by atoms with Crippen molar-refractivity contribution in [1.29, 1.82) is 0 Å². The van der Waals surface area contributed by atoms with Gasteiger partial charge >= 0.3 is 12.2 Å². The Morgan fingerprint density at radius 2 is 1.84 bits per heavy atom. The Labute approximate surface area is 191 Å². The maximum absolute atomic E-state index is 12.4. The lowest BCUT2D eigenvalue weighted by molar-refractivity contribution is 0.0187. The third-order valence-corrected chi connectivity index (χ3v) is 4.78. The molecule has 8 nitrogen and oxygen atoms in total. The Bertz CT molecular complexity index is 768. The van der Waals surface area contributed by atoms with E-state index in [9.17, 15) is 14.7 Å². The Hall–Kier alpha value is -2.48. The Morgan fingerprint density at radius 3 is 2.50 bits per heavy atom. The molecule has 1 saturated heterocycles. The van der Waals surface area contributed by atoms with Crippen LogP contribution >= 0.6 is 0 Å². The van der Waals surface area contributed by atoms with Gasteiger partial charge in [-0.1, -0.05) is 12.1 Å². The molecule has 1 fully saturated rings. The van der Waals surface area contributed by atoms with Gasteiger partial charge in [-0.05, 0) is 78.5 Å². The Kier molecular flexibility index (Phi) is 8.78. The summed E-state index contributed by atoms with van der Waals surface area (Å²) in [5.41, 5.74) is -0.399. The van der Waals surface area contributed by atoms with Crippen LogP contribution in [-0.2, 0) is 9.47 Å². The molecule has 8 heteroatoms. The van der Waals surface area contributed by atoms with Gasteiger partial charge in [0.15, 0.2) is 0 Å². The van der Waals surface area contributed by atoms with Gasteiger partial charge in [0.1, 0.15) is 23.6 Å². The first kappa shape index (κ1) is 25.8. The molecule has 2 unspecified atom stereocenters. The first-order valence-corrected chi connectivity index (χ1v) is 11.2. The molecule has 32 heavy (non-hydrogen) atoms. The molecule has 2 atom stereocenters. The van der Waals surface area contributed by atoms with E-state index in [-0.39, 0.29) is 18.7 Å². The van der Waals surface area contributed by atoms with Crippen LogP contribution in [0.25, 0.3) is 0 Å². The predicted octanol–water partition coefficient (Wildman–Crippen LogP) is 4.41. The number of rotatable bonds is 7. The number of ether oxygens (including phenoxy) is 3. The summed E-state index contributed by atoms with van der Waals surface area (Å²) in [7, 11) is 0. The topological polar surface area (TPSA) is 97.3 Å². The fourth-order valence-electron chi connectivity index (χ4n) is 3.37. The normalized spacial score (nSPS) is 17.6. The summed E-state index contributed by atoms with van der Waals surface area (Å²) in [5.74, 6) is 0.623. The molecular weight excluding hydrogens is 412 g/mol. The lowest BCUT2D eigenvalue weighted by Crippen LogP contribution is -2.42. The molecule has 2 N–H and O–H groups in total. The number of carbonyl (C=O) groups is 2. The molecule has 0 aliphatic carbocycles. The van der Waals surface area contributed by atoms with Crippen molar-refractivity contribution in [1.82, 2.24) is 10.2 Å². The lowest BCUT2D eigenvalue weighted by atomic mass is 10.1. The van der Waals surface area contributed by atoms with Gasteiger partial charge in [0, 0.05) is 13.1 Å². The maximum atomic E-state index is 12.4. The van der Waals surface area contributed by atoms with Crippen molar-refractivity contribution in [2.45, 2.75) is 84.2 Å². The van der Waals surface area contributed by atoms with Crippen molar-refractivity contribution in [3.8, 4) is 5.75 Å². The van der Waals surface area contributed by atoms with Crippen LogP contribution in [0.1, 0.15) is 72.5 Å². The predicted molar refractivity (Wildman–Crippen MR) is 122 cm³/mol. The molecule has 0 aromatic heterocycles. The molecule has 2 rings (SSSR count). The van der Waals surface area contributed by atoms with E-state index in [0.717, 1.165) is 12.8 Å². The molecule has 2 amide bonds. The van der Waals surface area contributed by atoms with Crippen molar-refractivity contribution in [3.63, 3.8) is 0 Å². The van der Waals surface area contributed by atoms with Crippen molar-refractivity contribution in [3.05, 3.63) is 29.8 Å². The standard InChI is InChI=1S/C24H38N2O6/c1-23(2,3)31-21(28)25-13-12-20(27)17-9-7-11-19(15-17)30-16-18-10-8-14-26(18)22(29)32-24(4,5)6/h7,9,11,15,18,20,27H,8,10,12-14,16H2,1-6H3,(H,25,28). The Balaban J connectivity index is 1.84. The van der Waals surface area contributed by atoms with E-state index in [1.165, 1.54) is 0 Å². The molecule has 1 aromatic carbocycles. The van der Waals surface area contributed by atoms with Crippen LogP contribution in [0, 0.1) is 0 Å². The van der Waals surface area contributed by atoms with Gasteiger partial charge < -0.3 is 29.5 Å². The second kappa shape index (κ2) is 10.9. The monoisotopic (exact) mass is 450 g/mol. The zero-order chi connectivity index (χ0) is 23.9. The largest absolute Gasteiger partial charge is 0.491 e. The summed E-state index contributed by atoms with van der Waals surface area (Å²) in [4.78, 5) is 25.9. The number of nitrogens with one attached hydrogen (secondary N) is 1. The fourth-order valence-corrected chi connectivity index (χ4v) is 3.37. The summed E-state index contributed by atoms with van der Waals surface area (Å²) in [5, 5.41) is 13.1. The van der Waals surface area contributed by atoms with E-state index in [2.05, 4.69) is 5.32 Å². The van der Waals surface area contributed by atoms with Crippen LogP contribution < -0.4 is 10.1 Å². The van der Waals surface area contributed by atoms with Gasteiger partial charge in [0.25, 0.3) is 0 Å². The summed E-state index contributed by atoms with van der Waals surface area (Å²) in [6.07, 6.45) is 0.545. The van der Waals surface area contributed by atoms with Crippen LogP contribution in [0.15, 0.2) is 24.3 Å². The molecule has 0 radical (unpaired) electrons. The molecule has 0 spiro atoms. The number of hydrogen-bond donors (Lipinski definition) is 2. The van der Waals surface area contributed by atoms with E-state index in [1.807, 2.05) is 39.0 Å². The van der Waals surface area contributed by atoms with E-state index < -0.39 is 23.4 Å². The third-order valence-electron chi connectivity index (χ3n) is 4.78. The molecule has 1 aromatic rings. The number of aliphatic hydroxyl groups is 1. The summed E-state index contributed by atoms with van der Waals surface area (Å²) in [6, 6.07) is 7.19. The highest BCUT2D eigenvalue weighted by Crippen LogP contribution is 2.24. The zero-order valence-electron chi connectivity index (χ0n) is 20.1. The number of carbonyl (C=O) groups excluding carboxylic acids is 2. The van der Waals surface area contributed by atoms with E-state index in [1.54, 1.807) is 31.7 Å². The molecule has 1 aliphatic heterocycles. The lowest BCUT2D eigenvalue weighted by Gasteiger charge is -2.28. The zero-order valence-corrected chi connectivity index (χ0v) is 20.1. The third kappa shape index (κ3) is 8.94. The number of hydrogen-bond acceptors (Lipinski definition) is 6. The average Bonchev–Trinajstić information content (AvgIpc) is 3.12. The highest BCUT2D eigenvalue weighted by atomic mass is 16.6. The first-order valence-electron chi connectivity index (χ1n) is 11.2. The minimum absolute atomic E-state index is 0.0449. The second-order valence-corrected chi connectivity index (χ2v) is 10.1. The van der Waals surface area contributed by atoms with E-state index in [0.29, 0.717) is 30.9 Å². The highest BCUT2D eigenvalue weighted by Gasteiger charge is 2.32. The van der Waals surface area contributed by atoms with E-state index >= 15 is 0 Å².